The van der Waals surface area contributed by atoms with Gasteiger partial charge in [0.2, 0.25) is 25.2 Å². The summed E-state index contributed by atoms with van der Waals surface area (Å²) in [5.74, 6) is -11.0. The summed E-state index contributed by atoms with van der Waals surface area (Å²) < 4.78 is 67.3. The van der Waals surface area contributed by atoms with Crippen LogP contribution in [0.25, 0.3) is 0 Å². The summed E-state index contributed by atoms with van der Waals surface area (Å²) >= 11 is 0. The standard InChI is InChI=1S/4C14H24N2O7/c4*1-5-4-6(17)14(20)13(21-5)22-12-10(19)7(15-2)9(18)8(16-3)11(12)23-14/h4*5,7-13,15-16,18-20H,4H2,1-3H3/t4*5-,7-,8+,9+,10+,11-,12-,13+,14+/m1111/s1. The van der Waals surface area contributed by atoms with Crippen LogP contribution in [0.4, 0.5) is 0 Å². The minimum Gasteiger partial charge on any atom is -0.390 e. The highest BCUT2D eigenvalue weighted by molar-refractivity contribution is 5.89. The number of ketones is 4. The molecule has 0 aromatic heterocycles. The van der Waals surface area contributed by atoms with Gasteiger partial charge >= 0.3 is 0 Å². The molecule has 0 bridgehead atoms. The summed E-state index contributed by atoms with van der Waals surface area (Å²) in [5.41, 5.74) is 0. The van der Waals surface area contributed by atoms with E-state index in [0.29, 0.717) is 0 Å². The number of rotatable bonds is 8. The Morgan fingerprint density at radius 1 is 0.272 bits per heavy atom. The molecule has 36 heteroatoms. The first-order valence-corrected chi connectivity index (χ1v) is 31.1. The van der Waals surface area contributed by atoms with Crippen LogP contribution in [-0.4, -0.2) is 360 Å². The number of fused-ring (bicyclic) bond motifs is 8. The van der Waals surface area contributed by atoms with Crippen LogP contribution in [0, 0.1) is 0 Å². The fourth-order valence-electron chi connectivity index (χ4n) is 14.7. The van der Waals surface area contributed by atoms with Crippen molar-refractivity contribution in [3.8, 4) is 0 Å². The van der Waals surface area contributed by atoms with Gasteiger partial charge in [0.25, 0.3) is 23.1 Å². The molecule has 8 saturated heterocycles. The number of hydrogen-bond acceptors (Lipinski definition) is 36. The normalized spacial score (nSPS) is 53.6. The van der Waals surface area contributed by atoms with Gasteiger partial charge in [-0.1, -0.05) is 0 Å². The molecule has 36 atom stereocenters. The van der Waals surface area contributed by atoms with E-state index in [1.165, 1.54) is 0 Å². The Kier molecular flexibility index (Phi) is 23.0. The molecule has 528 valence electrons. The summed E-state index contributed by atoms with van der Waals surface area (Å²) in [4.78, 5) is 48.9. The Labute approximate surface area is 530 Å². The summed E-state index contributed by atoms with van der Waals surface area (Å²) in [7, 11) is 13.0. The van der Waals surface area contributed by atoms with Gasteiger partial charge in [-0.25, -0.2) is 0 Å². The topological polar surface area (TPSA) is 518 Å². The maximum absolute atomic E-state index is 12.2. The van der Waals surface area contributed by atoms with E-state index in [1.54, 1.807) is 84.1 Å². The Morgan fingerprint density at radius 3 is 0.587 bits per heavy atom. The highest BCUT2D eigenvalue weighted by atomic mass is 16.8. The summed E-state index contributed by atoms with van der Waals surface area (Å²) in [5, 5.41) is 149. The van der Waals surface area contributed by atoms with Gasteiger partial charge in [-0.2, -0.15) is 0 Å². The lowest BCUT2D eigenvalue weighted by atomic mass is 9.80. The molecule has 12 fully saturated rings. The van der Waals surface area contributed by atoms with Gasteiger partial charge < -0.3 is 161 Å². The summed E-state index contributed by atoms with van der Waals surface area (Å²) in [6.07, 6.45) is -22.3. The van der Waals surface area contributed by atoms with Crippen LogP contribution in [0.3, 0.4) is 0 Å². The zero-order valence-corrected chi connectivity index (χ0v) is 53.2. The minimum atomic E-state index is -2.23. The third kappa shape index (κ3) is 12.8. The number of ether oxygens (including phenoxy) is 12. The van der Waals surface area contributed by atoms with Crippen LogP contribution < -0.4 is 42.5 Å². The van der Waals surface area contributed by atoms with E-state index in [1.807, 2.05) is 0 Å². The number of aliphatic hydroxyl groups excluding tert-OH is 8. The van der Waals surface area contributed by atoms with Crippen molar-refractivity contribution in [3.05, 3.63) is 0 Å². The first kappa shape index (κ1) is 73.6. The molecule has 20 N–H and O–H groups in total. The molecule has 0 radical (unpaired) electrons. The van der Waals surface area contributed by atoms with Crippen molar-refractivity contribution in [1.29, 1.82) is 0 Å². The van der Waals surface area contributed by atoms with Crippen molar-refractivity contribution < 1.29 is 137 Å². The Balaban J connectivity index is 0.000000145. The minimum absolute atomic E-state index is 0.00220. The van der Waals surface area contributed by atoms with Crippen molar-refractivity contribution in [1.82, 2.24) is 42.5 Å². The van der Waals surface area contributed by atoms with Crippen LogP contribution in [0.5, 0.6) is 0 Å². The zero-order chi connectivity index (χ0) is 67.8. The third-order valence-electron chi connectivity index (χ3n) is 19.7. The second kappa shape index (κ2) is 28.7. The predicted molar refractivity (Wildman–Crippen MR) is 305 cm³/mol. The molecular formula is C56H96N8O28. The Hall–Kier alpha value is -2.60. The van der Waals surface area contributed by atoms with E-state index in [0.717, 1.165) is 0 Å². The van der Waals surface area contributed by atoms with Crippen LogP contribution in [0.2, 0.25) is 0 Å². The van der Waals surface area contributed by atoms with Crippen molar-refractivity contribution >= 4 is 23.1 Å². The molecule has 0 spiro atoms. The highest BCUT2D eigenvalue weighted by Crippen LogP contribution is 2.45. The number of aliphatic hydroxyl groups is 12. The summed E-state index contributed by atoms with van der Waals surface area (Å²) in [6.45, 7) is 6.78. The zero-order valence-electron chi connectivity index (χ0n) is 53.2. The van der Waals surface area contributed by atoms with E-state index < -0.39 is 242 Å². The van der Waals surface area contributed by atoms with E-state index >= 15 is 0 Å². The lowest BCUT2D eigenvalue weighted by Gasteiger charge is -2.55. The molecule has 12 aliphatic rings. The average Bonchev–Trinajstić information content (AvgIpc) is 0.757. The van der Waals surface area contributed by atoms with Gasteiger partial charge in [0.1, 0.15) is 73.2 Å². The Morgan fingerprint density at radius 2 is 0.435 bits per heavy atom. The highest BCUT2D eigenvalue weighted by Gasteiger charge is 2.68. The summed E-state index contributed by atoms with van der Waals surface area (Å²) in [6, 6.07) is -5.17. The SMILES string of the molecule is CN[C@@H]1[C@H](O)[C@H](NC)[C@H]2O[C@@]3(O)C(=O)C[C@@H](C)O[C@H]3O[C@@H]2[C@H]1O.CN[C@@H]1[C@H](O)[C@H](NC)[C@H]2O[C@@]3(O)C(=O)C[C@@H](C)O[C@H]3O[C@@H]2[C@H]1O.CN[C@@H]1[C@H](O)[C@H](NC)[C@H]2O[C@@]3(O)C(=O)C[C@@H](C)O[C@H]3O[C@@H]2[C@H]1O.CN[C@@H]1[C@H](O)[C@H](NC)[C@H]2O[C@@]3(O)C(=O)C[C@@H](C)O[C@H]3O[C@@H]2[C@H]1O. The van der Waals surface area contributed by atoms with Crippen molar-refractivity contribution in [3.63, 3.8) is 0 Å². The second-order valence-electron chi connectivity index (χ2n) is 25.6. The molecule has 4 aliphatic carbocycles. The molecule has 0 unspecified atom stereocenters. The van der Waals surface area contributed by atoms with Crippen molar-refractivity contribution in [2.75, 3.05) is 56.4 Å². The first-order valence-electron chi connectivity index (χ1n) is 31.1. The molecule has 8 heterocycles. The lowest BCUT2D eigenvalue weighted by molar-refractivity contribution is -0.420. The molecule has 4 saturated carbocycles. The quantitative estimate of drug-likeness (QED) is 0.107. The van der Waals surface area contributed by atoms with Gasteiger partial charge in [-0.05, 0) is 84.1 Å². The van der Waals surface area contributed by atoms with Crippen LogP contribution in [-0.2, 0) is 76.0 Å². The third-order valence-corrected chi connectivity index (χ3v) is 19.7. The van der Waals surface area contributed by atoms with E-state index in [2.05, 4.69) is 42.5 Å². The van der Waals surface area contributed by atoms with Crippen LogP contribution in [0.1, 0.15) is 53.4 Å². The number of carbonyl (C=O) groups is 4. The second-order valence-corrected chi connectivity index (χ2v) is 25.6. The number of Topliss-reactive ketones (excluding diaryl/α,β-unsaturated/α-hetero) is 4. The maximum Gasteiger partial charge on any atom is 0.280 e. The van der Waals surface area contributed by atoms with Crippen molar-refractivity contribution in [2.24, 2.45) is 0 Å². The van der Waals surface area contributed by atoms with E-state index in [-0.39, 0.29) is 25.7 Å². The van der Waals surface area contributed by atoms with E-state index in [4.69, 9.17) is 56.8 Å². The fraction of sp³-hybridized carbons (Fsp3) is 0.929. The monoisotopic (exact) mass is 1330 g/mol. The molecule has 12 rings (SSSR count). The molecular weight excluding hydrogens is 1230 g/mol. The van der Waals surface area contributed by atoms with Gasteiger partial charge in [0.05, 0.1) is 97.2 Å². The van der Waals surface area contributed by atoms with Crippen molar-refractivity contribution in [2.45, 2.75) is 272 Å². The molecule has 0 aromatic carbocycles. The fourth-order valence-corrected chi connectivity index (χ4v) is 14.7. The molecule has 36 nitrogen and oxygen atoms in total. The van der Waals surface area contributed by atoms with Crippen LogP contribution >= 0.6 is 0 Å². The molecule has 0 amide bonds. The average molecular weight is 1330 g/mol. The van der Waals surface area contributed by atoms with E-state index in [9.17, 15) is 80.5 Å². The van der Waals surface area contributed by atoms with Crippen LogP contribution in [0.15, 0.2) is 0 Å². The number of nitrogens with one attached hydrogen (secondary N) is 8. The number of likely N-dealkylation sites (N-methyl/N-ethyl adjacent to an activating group) is 8. The van der Waals surface area contributed by atoms with Gasteiger partial charge in [-0.15, -0.1) is 0 Å². The predicted octanol–water partition coefficient (Wildman–Crippen LogP) is -11.7. The maximum atomic E-state index is 12.2. The largest absolute Gasteiger partial charge is 0.390 e. The Bertz CT molecular complexity index is 2250. The van der Waals surface area contributed by atoms with Gasteiger partial charge in [-0.3, -0.25) is 19.2 Å². The number of carbonyl (C=O) groups excluding carboxylic acids is 4. The molecule has 0 aromatic rings. The van der Waals surface area contributed by atoms with Gasteiger partial charge in [0.15, 0.2) is 23.1 Å². The number of hydrogen-bond donors (Lipinski definition) is 20. The first-order chi connectivity index (χ1) is 43.3. The smallest absolute Gasteiger partial charge is 0.280 e. The molecule has 92 heavy (non-hydrogen) atoms. The molecule has 8 aliphatic heterocycles. The lowest BCUT2D eigenvalue weighted by Crippen LogP contribution is -2.77. The van der Waals surface area contributed by atoms with Gasteiger partial charge in [0, 0.05) is 25.7 Å².